The Morgan fingerprint density at radius 1 is 1.25 bits per heavy atom. The second-order valence-electron chi connectivity index (χ2n) is 6.94. The summed E-state index contributed by atoms with van der Waals surface area (Å²) in [5.74, 6) is 5.65. The number of fused-ring (bicyclic) bond motifs is 1. The van der Waals surface area contributed by atoms with Crippen molar-refractivity contribution >= 4 is 22.8 Å². The van der Waals surface area contributed by atoms with Gasteiger partial charge in [0.1, 0.15) is 11.8 Å². The summed E-state index contributed by atoms with van der Waals surface area (Å²) in [6.07, 6.45) is 1.71. The van der Waals surface area contributed by atoms with Crippen molar-refractivity contribution in [3.05, 3.63) is 47.8 Å². The van der Waals surface area contributed by atoms with Gasteiger partial charge >= 0.3 is 0 Å². The molecule has 2 aromatic heterocycles. The quantitative estimate of drug-likeness (QED) is 0.627. The summed E-state index contributed by atoms with van der Waals surface area (Å²) < 4.78 is 0. The molecule has 1 fully saturated rings. The standard InChI is InChI=1S/C21H19N5O2/c1-13-3-4-14(7-8-21(28)9-10-26(2)20(21)27)11-15(13)16-5-6-17-18(25-16)19(22)24-12-23-17/h3-6,11-12,28H,9-10H2,1-2H3,(H2,22,23,24)/t21-/m0/s1. The van der Waals surface area contributed by atoms with Gasteiger partial charge in [-0.15, -0.1) is 0 Å². The van der Waals surface area contributed by atoms with E-state index in [0.717, 1.165) is 16.8 Å². The molecule has 7 heteroatoms. The van der Waals surface area contributed by atoms with Gasteiger partial charge in [0, 0.05) is 31.1 Å². The van der Waals surface area contributed by atoms with Crippen molar-refractivity contribution in [2.45, 2.75) is 18.9 Å². The first-order chi connectivity index (χ1) is 13.4. The van der Waals surface area contributed by atoms with Crippen LogP contribution in [-0.4, -0.2) is 50.1 Å². The molecule has 3 aromatic rings. The van der Waals surface area contributed by atoms with Gasteiger partial charge in [-0.1, -0.05) is 17.9 Å². The van der Waals surface area contributed by atoms with Crippen molar-refractivity contribution in [1.82, 2.24) is 19.9 Å². The Labute approximate surface area is 162 Å². The fourth-order valence-electron chi connectivity index (χ4n) is 3.23. The molecule has 4 rings (SSSR count). The Kier molecular flexibility index (Phi) is 4.21. The fourth-order valence-corrected chi connectivity index (χ4v) is 3.23. The highest BCUT2D eigenvalue weighted by Gasteiger charge is 2.42. The number of hydrogen-bond acceptors (Lipinski definition) is 6. The zero-order chi connectivity index (χ0) is 19.9. The van der Waals surface area contributed by atoms with Gasteiger partial charge in [-0.2, -0.15) is 0 Å². The molecule has 3 N–H and O–H groups in total. The summed E-state index contributed by atoms with van der Waals surface area (Å²) in [6, 6.07) is 9.41. The van der Waals surface area contributed by atoms with E-state index in [1.807, 2.05) is 37.3 Å². The lowest BCUT2D eigenvalue weighted by Gasteiger charge is -2.13. The molecule has 0 unspecified atom stereocenters. The third kappa shape index (κ3) is 3.04. The van der Waals surface area contributed by atoms with E-state index >= 15 is 0 Å². The summed E-state index contributed by atoms with van der Waals surface area (Å²) >= 11 is 0. The molecular weight excluding hydrogens is 354 g/mol. The molecule has 1 atom stereocenters. The molecule has 140 valence electrons. The molecule has 1 saturated heterocycles. The first-order valence-corrected chi connectivity index (χ1v) is 8.87. The van der Waals surface area contributed by atoms with E-state index < -0.39 is 5.60 Å². The Morgan fingerprint density at radius 2 is 2.07 bits per heavy atom. The number of amides is 1. The van der Waals surface area contributed by atoms with E-state index in [0.29, 0.717) is 35.4 Å². The number of aromatic nitrogens is 3. The third-order valence-electron chi connectivity index (χ3n) is 4.95. The van der Waals surface area contributed by atoms with Gasteiger partial charge in [-0.25, -0.2) is 15.0 Å². The van der Waals surface area contributed by atoms with E-state index in [4.69, 9.17) is 5.73 Å². The van der Waals surface area contributed by atoms with Crippen LogP contribution in [0.25, 0.3) is 22.3 Å². The van der Waals surface area contributed by atoms with Gasteiger partial charge in [0.05, 0.1) is 11.2 Å². The van der Waals surface area contributed by atoms with Crippen LogP contribution in [0.5, 0.6) is 0 Å². The summed E-state index contributed by atoms with van der Waals surface area (Å²) in [5.41, 5.74) is 8.85. The lowest BCUT2D eigenvalue weighted by atomic mass is 9.99. The number of carbonyl (C=O) groups excluding carboxylic acids is 1. The van der Waals surface area contributed by atoms with Gasteiger partial charge in [0.25, 0.3) is 5.91 Å². The zero-order valence-electron chi connectivity index (χ0n) is 15.6. The van der Waals surface area contributed by atoms with E-state index in [1.165, 1.54) is 11.2 Å². The number of likely N-dealkylation sites (N-methyl/N-ethyl adjacent to an activating group) is 1. The minimum absolute atomic E-state index is 0.305. The molecule has 0 aliphatic carbocycles. The second-order valence-corrected chi connectivity index (χ2v) is 6.94. The molecule has 3 heterocycles. The minimum Gasteiger partial charge on any atom is -0.382 e. The number of rotatable bonds is 1. The Morgan fingerprint density at radius 3 is 2.82 bits per heavy atom. The number of nitrogens with zero attached hydrogens (tertiary/aromatic N) is 4. The van der Waals surface area contributed by atoms with Crippen LogP contribution in [0.4, 0.5) is 5.82 Å². The highest BCUT2D eigenvalue weighted by Crippen LogP contribution is 2.26. The third-order valence-corrected chi connectivity index (χ3v) is 4.95. The fraction of sp³-hybridized carbons (Fsp3) is 0.238. The predicted octanol–water partition coefficient (Wildman–Crippen LogP) is 1.53. The average molecular weight is 373 g/mol. The number of likely N-dealkylation sites (tertiary alicyclic amines) is 1. The van der Waals surface area contributed by atoms with Crippen LogP contribution in [-0.2, 0) is 4.79 Å². The van der Waals surface area contributed by atoms with Crippen LogP contribution in [0, 0.1) is 18.8 Å². The molecule has 1 aliphatic rings. The number of hydrogen-bond donors (Lipinski definition) is 2. The van der Waals surface area contributed by atoms with Gasteiger partial charge < -0.3 is 15.7 Å². The predicted molar refractivity (Wildman–Crippen MR) is 106 cm³/mol. The number of benzene rings is 1. The Hall–Kier alpha value is -3.50. The monoisotopic (exact) mass is 373 g/mol. The van der Waals surface area contributed by atoms with Crippen molar-refractivity contribution in [1.29, 1.82) is 0 Å². The minimum atomic E-state index is -1.62. The number of nitrogens with two attached hydrogens (primary N) is 1. The number of nitrogen functional groups attached to an aromatic ring is 1. The van der Waals surface area contributed by atoms with Gasteiger partial charge in [-0.05, 0) is 36.8 Å². The molecule has 0 spiro atoms. The molecule has 0 saturated carbocycles. The maximum absolute atomic E-state index is 12.1. The lowest BCUT2D eigenvalue weighted by molar-refractivity contribution is -0.137. The summed E-state index contributed by atoms with van der Waals surface area (Å²) in [6.45, 7) is 2.47. The highest BCUT2D eigenvalue weighted by molar-refractivity contribution is 5.90. The number of carbonyl (C=O) groups is 1. The van der Waals surface area contributed by atoms with Crippen molar-refractivity contribution in [3.63, 3.8) is 0 Å². The normalized spacial score (nSPS) is 19.0. The van der Waals surface area contributed by atoms with Crippen LogP contribution in [0.1, 0.15) is 17.5 Å². The van der Waals surface area contributed by atoms with Gasteiger partial charge in [-0.3, -0.25) is 4.79 Å². The van der Waals surface area contributed by atoms with Crippen molar-refractivity contribution in [2.24, 2.45) is 0 Å². The largest absolute Gasteiger partial charge is 0.382 e. The Bertz CT molecular complexity index is 1160. The smallest absolute Gasteiger partial charge is 0.267 e. The first kappa shape index (κ1) is 17.9. The van der Waals surface area contributed by atoms with Crippen molar-refractivity contribution in [3.8, 4) is 23.1 Å². The van der Waals surface area contributed by atoms with Gasteiger partial charge in [0.2, 0.25) is 5.60 Å². The van der Waals surface area contributed by atoms with E-state index in [-0.39, 0.29) is 5.91 Å². The summed E-state index contributed by atoms with van der Waals surface area (Å²) in [4.78, 5) is 26.4. The Balaban J connectivity index is 1.74. The molecule has 0 radical (unpaired) electrons. The van der Waals surface area contributed by atoms with Gasteiger partial charge in [0.15, 0.2) is 5.82 Å². The average Bonchev–Trinajstić information content (AvgIpc) is 2.95. The number of pyridine rings is 1. The van der Waals surface area contributed by atoms with E-state index in [1.54, 1.807) is 7.05 Å². The number of aryl methyl sites for hydroxylation is 1. The molecular formula is C21H19N5O2. The van der Waals surface area contributed by atoms with E-state index in [9.17, 15) is 9.90 Å². The summed E-state index contributed by atoms with van der Waals surface area (Å²) in [5, 5.41) is 10.5. The highest BCUT2D eigenvalue weighted by atomic mass is 16.3. The molecule has 7 nitrogen and oxygen atoms in total. The van der Waals surface area contributed by atoms with Crippen molar-refractivity contribution in [2.75, 3.05) is 19.3 Å². The van der Waals surface area contributed by atoms with Crippen LogP contribution in [0.3, 0.4) is 0 Å². The SMILES string of the molecule is Cc1ccc(C#C[C@]2(O)CCN(C)C2=O)cc1-c1ccc2ncnc(N)c2n1. The molecule has 1 aliphatic heterocycles. The first-order valence-electron chi connectivity index (χ1n) is 8.87. The zero-order valence-corrected chi connectivity index (χ0v) is 15.6. The molecule has 1 aromatic carbocycles. The van der Waals surface area contributed by atoms with Crippen LogP contribution >= 0.6 is 0 Å². The van der Waals surface area contributed by atoms with E-state index in [2.05, 4.69) is 26.8 Å². The molecule has 28 heavy (non-hydrogen) atoms. The topological polar surface area (TPSA) is 105 Å². The van der Waals surface area contributed by atoms with Crippen LogP contribution < -0.4 is 5.73 Å². The number of anilines is 1. The maximum Gasteiger partial charge on any atom is 0.267 e. The molecule has 1 amide bonds. The number of aliphatic hydroxyl groups is 1. The van der Waals surface area contributed by atoms with Crippen LogP contribution in [0.15, 0.2) is 36.7 Å². The summed E-state index contributed by atoms with van der Waals surface area (Å²) in [7, 11) is 1.66. The second kappa shape index (κ2) is 6.59. The van der Waals surface area contributed by atoms with Crippen molar-refractivity contribution < 1.29 is 9.90 Å². The maximum atomic E-state index is 12.1. The van der Waals surface area contributed by atoms with Crippen LogP contribution in [0.2, 0.25) is 0 Å². The lowest BCUT2D eigenvalue weighted by Crippen LogP contribution is -2.37. The molecule has 0 bridgehead atoms.